The van der Waals surface area contributed by atoms with E-state index in [1.54, 1.807) is 6.92 Å². The average molecular weight is 208 g/mol. The zero-order valence-corrected chi connectivity index (χ0v) is 9.33. The molecule has 1 fully saturated rings. The lowest BCUT2D eigenvalue weighted by molar-refractivity contribution is -0.193. The molecule has 84 valence electrons. The highest BCUT2D eigenvalue weighted by atomic mass is 19.4. The Kier molecular flexibility index (Phi) is 2.66. The van der Waals surface area contributed by atoms with Crippen LogP contribution in [0.1, 0.15) is 47.0 Å². The number of halogens is 3. The van der Waals surface area contributed by atoms with Crippen LogP contribution in [0.5, 0.6) is 0 Å². The van der Waals surface area contributed by atoms with E-state index < -0.39 is 11.6 Å². The Balaban J connectivity index is 2.65. The second-order valence-corrected chi connectivity index (χ2v) is 5.67. The van der Waals surface area contributed by atoms with E-state index in [9.17, 15) is 13.2 Å². The number of rotatable bonds is 2. The van der Waals surface area contributed by atoms with Gasteiger partial charge in [-0.15, -0.1) is 0 Å². The minimum Gasteiger partial charge on any atom is -0.170 e. The lowest BCUT2D eigenvalue weighted by Crippen LogP contribution is -2.27. The molecule has 3 heteroatoms. The van der Waals surface area contributed by atoms with Gasteiger partial charge in [-0.3, -0.25) is 0 Å². The Morgan fingerprint density at radius 2 is 1.71 bits per heavy atom. The van der Waals surface area contributed by atoms with Crippen molar-refractivity contribution in [1.29, 1.82) is 0 Å². The summed E-state index contributed by atoms with van der Waals surface area (Å²) in [5.41, 5.74) is -1.34. The van der Waals surface area contributed by atoms with Crippen LogP contribution in [0.2, 0.25) is 0 Å². The fourth-order valence-corrected chi connectivity index (χ4v) is 2.37. The first-order valence-corrected chi connectivity index (χ1v) is 5.19. The van der Waals surface area contributed by atoms with E-state index in [0.717, 1.165) is 0 Å². The highest BCUT2D eigenvalue weighted by Crippen LogP contribution is 2.67. The van der Waals surface area contributed by atoms with E-state index in [1.807, 2.05) is 20.8 Å². The van der Waals surface area contributed by atoms with Crippen molar-refractivity contribution in [3.63, 3.8) is 0 Å². The van der Waals surface area contributed by atoms with Crippen molar-refractivity contribution < 1.29 is 13.2 Å². The molecule has 1 saturated carbocycles. The third-order valence-corrected chi connectivity index (χ3v) is 3.29. The van der Waals surface area contributed by atoms with E-state index in [0.29, 0.717) is 12.8 Å². The van der Waals surface area contributed by atoms with Gasteiger partial charge in [0.2, 0.25) is 0 Å². The Morgan fingerprint density at radius 1 is 1.21 bits per heavy atom. The first-order chi connectivity index (χ1) is 6.12. The summed E-state index contributed by atoms with van der Waals surface area (Å²) in [5, 5.41) is 0. The molecular formula is C11H19F3. The summed E-state index contributed by atoms with van der Waals surface area (Å²) in [6.07, 6.45) is -2.75. The lowest BCUT2D eigenvalue weighted by Gasteiger charge is -2.23. The molecule has 0 bridgehead atoms. The minimum atomic E-state index is -4.00. The maximum absolute atomic E-state index is 12.7. The first-order valence-electron chi connectivity index (χ1n) is 5.19. The molecule has 0 saturated heterocycles. The molecule has 0 aromatic heterocycles. The van der Waals surface area contributed by atoms with Crippen LogP contribution < -0.4 is 0 Å². The molecule has 2 atom stereocenters. The highest BCUT2D eigenvalue weighted by Gasteiger charge is 2.68. The second kappa shape index (κ2) is 3.14. The average Bonchev–Trinajstić information content (AvgIpc) is 2.58. The summed E-state index contributed by atoms with van der Waals surface area (Å²) in [6.45, 7) is 7.66. The molecule has 1 aliphatic rings. The molecule has 2 unspecified atom stereocenters. The smallest absolute Gasteiger partial charge is 0.170 e. The molecule has 0 aliphatic heterocycles. The van der Waals surface area contributed by atoms with Crippen LogP contribution in [0.15, 0.2) is 0 Å². The third-order valence-electron chi connectivity index (χ3n) is 3.29. The fourth-order valence-electron chi connectivity index (χ4n) is 2.37. The molecule has 0 aromatic carbocycles. The van der Waals surface area contributed by atoms with Crippen molar-refractivity contribution in [2.45, 2.75) is 53.1 Å². The van der Waals surface area contributed by atoms with Gasteiger partial charge >= 0.3 is 6.18 Å². The summed E-state index contributed by atoms with van der Waals surface area (Å²) in [7, 11) is 0. The molecule has 0 heterocycles. The van der Waals surface area contributed by atoms with Gasteiger partial charge in [0.1, 0.15) is 0 Å². The van der Waals surface area contributed by atoms with E-state index in [4.69, 9.17) is 0 Å². The zero-order valence-electron chi connectivity index (χ0n) is 9.33. The molecule has 0 N–H and O–H groups in total. The van der Waals surface area contributed by atoms with E-state index in [-0.39, 0.29) is 17.8 Å². The predicted octanol–water partition coefficient (Wildman–Crippen LogP) is 4.40. The number of hydrogen-bond donors (Lipinski definition) is 0. The Morgan fingerprint density at radius 3 is 1.93 bits per heavy atom. The highest BCUT2D eigenvalue weighted by molar-refractivity contribution is 5.07. The number of alkyl halides is 3. The second-order valence-electron chi connectivity index (χ2n) is 5.67. The van der Waals surface area contributed by atoms with Gasteiger partial charge in [0, 0.05) is 0 Å². The molecule has 1 rings (SSSR count). The zero-order chi connectivity index (χ0) is 11.2. The summed E-state index contributed by atoms with van der Waals surface area (Å²) in [6, 6.07) is 0. The molecule has 1 aliphatic carbocycles. The fraction of sp³-hybridized carbons (Fsp3) is 1.00. The molecule has 0 radical (unpaired) electrons. The molecular weight excluding hydrogens is 189 g/mol. The Labute approximate surface area is 83.9 Å². The standard InChI is InChI=1S/C11H19F3/c1-5-10(11(12,13)14)7-8(10)6-9(2,3)4/h8H,5-7H2,1-4H3. The quantitative estimate of drug-likeness (QED) is 0.631. The SMILES string of the molecule is CCC1(C(F)(F)F)CC1CC(C)(C)C. The summed E-state index contributed by atoms with van der Waals surface area (Å²) in [5.74, 6) is -0.146. The molecule has 0 amide bonds. The van der Waals surface area contributed by atoms with Crippen LogP contribution in [0, 0.1) is 16.7 Å². The topological polar surface area (TPSA) is 0 Å². The lowest BCUT2D eigenvalue weighted by atomic mass is 9.86. The van der Waals surface area contributed by atoms with Gasteiger partial charge in [-0.05, 0) is 30.6 Å². The molecule has 14 heavy (non-hydrogen) atoms. The molecule has 0 spiro atoms. The third kappa shape index (κ3) is 2.06. The van der Waals surface area contributed by atoms with E-state index in [1.165, 1.54) is 0 Å². The van der Waals surface area contributed by atoms with Gasteiger partial charge in [0.25, 0.3) is 0 Å². The molecule has 0 nitrogen and oxygen atoms in total. The summed E-state index contributed by atoms with van der Waals surface area (Å²) < 4.78 is 38.2. The van der Waals surface area contributed by atoms with Crippen molar-refractivity contribution in [1.82, 2.24) is 0 Å². The largest absolute Gasteiger partial charge is 0.394 e. The Bertz CT molecular complexity index is 212. The van der Waals surface area contributed by atoms with Gasteiger partial charge in [0.15, 0.2) is 0 Å². The van der Waals surface area contributed by atoms with Crippen LogP contribution >= 0.6 is 0 Å². The predicted molar refractivity (Wildman–Crippen MR) is 51.0 cm³/mol. The first kappa shape index (κ1) is 11.9. The summed E-state index contributed by atoms with van der Waals surface area (Å²) in [4.78, 5) is 0. The normalized spacial score (nSPS) is 33.2. The minimum absolute atomic E-state index is 0.00678. The van der Waals surface area contributed by atoms with Gasteiger partial charge in [-0.25, -0.2) is 0 Å². The van der Waals surface area contributed by atoms with E-state index in [2.05, 4.69) is 0 Å². The van der Waals surface area contributed by atoms with Crippen LogP contribution in [-0.4, -0.2) is 6.18 Å². The maximum atomic E-state index is 12.7. The monoisotopic (exact) mass is 208 g/mol. The van der Waals surface area contributed by atoms with Crippen LogP contribution in [0.4, 0.5) is 13.2 Å². The summed E-state index contributed by atoms with van der Waals surface area (Å²) >= 11 is 0. The molecule has 0 aromatic rings. The van der Waals surface area contributed by atoms with Crippen LogP contribution in [-0.2, 0) is 0 Å². The van der Waals surface area contributed by atoms with Gasteiger partial charge < -0.3 is 0 Å². The van der Waals surface area contributed by atoms with Crippen molar-refractivity contribution in [2.75, 3.05) is 0 Å². The van der Waals surface area contributed by atoms with Gasteiger partial charge in [-0.2, -0.15) is 13.2 Å². The van der Waals surface area contributed by atoms with Gasteiger partial charge in [0.05, 0.1) is 5.41 Å². The van der Waals surface area contributed by atoms with Crippen molar-refractivity contribution in [2.24, 2.45) is 16.7 Å². The van der Waals surface area contributed by atoms with Crippen LogP contribution in [0.3, 0.4) is 0 Å². The van der Waals surface area contributed by atoms with Crippen molar-refractivity contribution in [3.8, 4) is 0 Å². The van der Waals surface area contributed by atoms with Crippen LogP contribution in [0.25, 0.3) is 0 Å². The van der Waals surface area contributed by atoms with Crippen molar-refractivity contribution >= 4 is 0 Å². The van der Waals surface area contributed by atoms with E-state index >= 15 is 0 Å². The Hall–Kier alpha value is -0.210. The maximum Gasteiger partial charge on any atom is 0.394 e. The van der Waals surface area contributed by atoms with Gasteiger partial charge in [-0.1, -0.05) is 27.7 Å². The number of hydrogen-bond acceptors (Lipinski definition) is 0. The van der Waals surface area contributed by atoms with Crippen molar-refractivity contribution in [3.05, 3.63) is 0 Å².